The number of amides is 1. The molecule has 0 aliphatic carbocycles. The summed E-state index contributed by atoms with van der Waals surface area (Å²) in [6.45, 7) is 0.172. The molecule has 0 saturated heterocycles. The average molecular weight is 180 g/mol. The number of primary amides is 1. The highest BCUT2D eigenvalue weighted by Gasteiger charge is 2.03. The SMILES string of the molecule is CN(CC(N)=O)c1ccc(N)nc1. The van der Waals surface area contributed by atoms with Crippen molar-refractivity contribution < 1.29 is 4.79 Å². The molecule has 1 rings (SSSR count). The number of pyridine rings is 1. The van der Waals surface area contributed by atoms with Crippen LogP contribution in [0.3, 0.4) is 0 Å². The van der Waals surface area contributed by atoms with Gasteiger partial charge in [0.05, 0.1) is 18.4 Å². The molecule has 1 amide bonds. The lowest BCUT2D eigenvalue weighted by molar-refractivity contribution is -0.116. The largest absolute Gasteiger partial charge is 0.384 e. The van der Waals surface area contributed by atoms with Gasteiger partial charge in [0.2, 0.25) is 5.91 Å². The fraction of sp³-hybridized carbons (Fsp3) is 0.250. The average Bonchev–Trinajstić information content (AvgIpc) is 2.04. The van der Waals surface area contributed by atoms with E-state index in [1.807, 2.05) is 0 Å². The smallest absolute Gasteiger partial charge is 0.236 e. The number of hydrogen-bond acceptors (Lipinski definition) is 4. The van der Waals surface area contributed by atoms with Crippen molar-refractivity contribution in [1.29, 1.82) is 0 Å². The maximum Gasteiger partial charge on any atom is 0.236 e. The number of nitrogens with zero attached hydrogens (tertiary/aromatic N) is 2. The van der Waals surface area contributed by atoms with Crippen LogP contribution in [0.15, 0.2) is 18.3 Å². The Balaban J connectivity index is 2.71. The summed E-state index contributed by atoms with van der Waals surface area (Å²) in [6.07, 6.45) is 1.60. The summed E-state index contributed by atoms with van der Waals surface area (Å²) in [7, 11) is 1.76. The van der Waals surface area contributed by atoms with Gasteiger partial charge in [-0.25, -0.2) is 4.98 Å². The summed E-state index contributed by atoms with van der Waals surface area (Å²) < 4.78 is 0. The summed E-state index contributed by atoms with van der Waals surface area (Å²) in [4.78, 5) is 16.2. The van der Waals surface area contributed by atoms with Gasteiger partial charge < -0.3 is 16.4 Å². The Hall–Kier alpha value is -1.78. The molecule has 1 aromatic rings. The van der Waals surface area contributed by atoms with Gasteiger partial charge in [-0.2, -0.15) is 0 Å². The molecule has 1 aromatic heterocycles. The van der Waals surface area contributed by atoms with Crippen LogP contribution in [0, 0.1) is 0 Å². The lowest BCUT2D eigenvalue weighted by Crippen LogP contribution is -2.30. The highest BCUT2D eigenvalue weighted by atomic mass is 16.1. The summed E-state index contributed by atoms with van der Waals surface area (Å²) in [5.74, 6) is 0.0792. The molecule has 0 aliphatic rings. The first-order valence-electron chi connectivity index (χ1n) is 3.80. The van der Waals surface area contributed by atoms with Gasteiger partial charge in [0.15, 0.2) is 0 Å². The fourth-order valence-electron chi connectivity index (χ4n) is 0.948. The minimum Gasteiger partial charge on any atom is -0.384 e. The van der Waals surface area contributed by atoms with Crippen molar-refractivity contribution in [2.75, 3.05) is 24.2 Å². The molecule has 0 saturated carbocycles. The Bertz CT molecular complexity index is 296. The zero-order chi connectivity index (χ0) is 9.84. The van der Waals surface area contributed by atoms with Crippen molar-refractivity contribution >= 4 is 17.4 Å². The molecular weight excluding hydrogens is 168 g/mol. The second-order valence-electron chi connectivity index (χ2n) is 2.76. The third-order valence-corrected chi connectivity index (χ3v) is 1.60. The summed E-state index contributed by atoms with van der Waals surface area (Å²) in [6, 6.07) is 3.46. The molecule has 0 aliphatic heterocycles. The molecule has 5 nitrogen and oxygen atoms in total. The quantitative estimate of drug-likeness (QED) is 0.661. The van der Waals surface area contributed by atoms with E-state index in [2.05, 4.69) is 4.98 Å². The van der Waals surface area contributed by atoms with Gasteiger partial charge in [-0.15, -0.1) is 0 Å². The predicted molar refractivity (Wildman–Crippen MR) is 51.1 cm³/mol. The van der Waals surface area contributed by atoms with E-state index in [0.29, 0.717) is 5.82 Å². The number of aromatic nitrogens is 1. The zero-order valence-electron chi connectivity index (χ0n) is 7.40. The van der Waals surface area contributed by atoms with Gasteiger partial charge in [-0.1, -0.05) is 0 Å². The molecule has 0 atom stereocenters. The van der Waals surface area contributed by atoms with Crippen LogP contribution in [-0.4, -0.2) is 24.5 Å². The van der Waals surface area contributed by atoms with E-state index in [1.165, 1.54) is 0 Å². The maximum absolute atomic E-state index is 10.6. The maximum atomic E-state index is 10.6. The first-order chi connectivity index (χ1) is 6.09. The van der Waals surface area contributed by atoms with Crippen LogP contribution < -0.4 is 16.4 Å². The molecule has 0 bridgehead atoms. The molecule has 70 valence electrons. The van der Waals surface area contributed by atoms with Gasteiger partial charge in [0, 0.05) is 7.05 Å². The molecule has 0 aromatic carbocycles. The predicted octanol–water partition coefficient (Wildman–Crippen LogP) is -0.415. The Morgan fingerprint density at radius 1 is 1.62 bits per heavy atom. The summed E-state index contributed by atoms with van der Waals surface area (Å²) in [5, 5.41) is 0. The van der Waals surface area contributed by atoms with Crippen LogP contribution in [0.25, 0.3) is 0 Å². The first kappa shape index (κ1) is 9.31. The van der Waals surface area contributed by atoms with E-state index in [4.69, 9.17) is 11.5 Å². The number of carbonyl (C=O) groups is 1. The zero-order valence-corrected chi connectivity index (χ0v) is 7.40. The molecule has 5 heteroatoms. The molecule has 0 radical (unpaired) electrons. The van der Waals surface area contributed by atoms with Crippen LogP contribution in [0.4, 0.5) is 11.5 Å². The summed E-state index contributed by atoms with van der Waals surface area (Å²) >= 11 is 0. The first-order valence-corrected chi connectivity index (χ1v) is 3.80. The Kier molecular flexibility index (Phi) is 2.69. The molecule has 0 fully saturated rings. The number of nitrogen functional groups attached to an aromatic ring is 1. The van der Waals surface area contributed by atoms with E-state index in [-0.39, 0.29) is 12.5 Å². The van der Waals surface area contributed by atoms with E-state index < -0.39 is 0 Å². The van der Waals surface area contributed by atoms with Crippen LogP contribution in [0.2, 0.25) is 0 Å². The van der Waals surface area contributed by atoms with Crippen molar-refractivity contribution in [3.63, 3.8) is 0 Å². The van der Waals surface area contributed by atoms with E-state index in [1.54, 1.807) is 30.3 Å². The molecule has 13 heavy (non-hydrogen) atoms. The Labute approximate surface area is 76.3 Å². The second kappa shape index (κ2) is 3.75. The molecular formula is C8H12N4O. The lowest BCUT2D eigenvalue weighted by atomic mass is 10.3. The topological polar surface area (TPSA) is 85.2 Å². The number of hydrogen-bond donors (Lipinski definition) is 2. The van der Waals surface area contributed by atoms with Gasteiger partial charge in [0.25, 0.3) is 0 Å². The molecule has 0 unspecified atom stereocenters. The standard InChI is InChI=1S/C8H12N4O/c1-12(5-8(10)13)6-2-3-7(9)11-4-6/h2-4H,5H2,1H3,(H2,9,11)(H2,10,13). The van der Waals surface area contributed by atoms with E-state index in [0.717, 1.165) is 5.69 Å². The van der Waals surface area contributed by atoms with Gasteiger partial charge in [0.1, 0.15) is 5.82 Å². The van der Waals surface area contributed by atoms with Gasteiger partial charge in [-0.3, -0.25) is 4.79 Å². The summed E-state index contributed by atoms with van der Waals surface area (Å²) in [5.41, 5.74) is 11.3. The Morgan fingerprint density at radius 3 is 2.77 bits per heavy atom. The molecule has 0 spiro atoms. The number of rotatable bonds is 3. The van der Waals surface area contributed by atoms with Crippen LogP contribution in [0.5, 0.6) is 0 Å². The fourth-order valence-corrected chi connectivity index (χ4v) is 0.948. The van der Waals surface area contributed by atoms with Crippen molar-refractivity contribution in [1.82, 2.24) is 4.98 Å². The normalized spacial score (nSPS) is 9.62. The molecule has 4 N–H and O–H groups in total. The van der Waals surface area contributed by atoms with Crippen molar-refractivity contribution in [3.05, 3.63) is 18.3 Å². The minimum absolute atomic E-state index is 0.172. The number of anilines is 2. The third kappa shape index (κ3) is 2.62. The monoisotopic (exact) mass is 180 g/mol. The van der Waals surface area contributed by atoms with Crippen molar-refractivity contribution in [2.45, 2.75) is 0 Å². The highest BCUT2D eigenvalue weighted by Crippen LogP contribution is 2.10. The van der Waals surface area contributed by atoms with E-state index in [9.17, 15) is 4.79 Å². The third-order valence-electron chi connectivity index (χ3n) is 1.60. The highest BCUT2D eigenvalue weighted by molar-refractivity contribution is 5.79. The van der Waals surface area contributed by atoms with Crippen LogP contribution >= 0.6 is 0 Å². The second-order valence-corrected chi connectivity index (χ2v) is 2.76. The Morgan fingerprint density at radius 2 is 2.31 bits per heavy atom. The van der Waals surface area contributed by atoms with Gasteiger partial charge in [-0.05, 0) is 12.1 Å². The number of nitrogens with two attached hydrogens (primary N) is 2. The van der Waals surface area contributed by atoms with Crippen LogP contribution in [-0.2, 0) is 4.79 Å². The molecule has 1 heterocycles. The van der Waals surface area contributed by atoms with E-state index >= 15 is 0 Å². The van der Waals surface area contributed by atoms with Crippen LogP contribution in [0.1, 0.15) is 0 Å². The number of likely N-dealkylation sites (N-methyl/N-ethyl adjacent to an activating group) is 1. The van der Waals surface area contributed by atoms with Crippen molar-refractivity contribution in [3.8, 4) is 0 Å². The number of carbonyl (C=O) groups excluding carboxylic acids is 1. The van der Waals surface area contributed by atoms with Gasteiger partial charge >= 0.3 is 0 Å². The lowest BCUT2D eigenvalue weighted by Gasteiger charge is -2.16. The minimum atomic E-state index is -0.376. The van der Waals surface area contributed by atoms with Crippen molar-refractivity contribution in [2.24, 2.45) is 5.73 Å².